The van der Waals surface area contributed by atoms with Crippen molar-refractivity contribution in [1.82, 2.24) is 10.2 Å². The van der Waals surface area contributed by atoms with E-state index in [2.05, 4.69) is 17.3 Å². The first-order valence-electron chi connectivity index (χ1n) is 7.38. The van der Waals surface area contributed by atoms with Crippen LogP contribution in [0.25, 0.3) is 0 Å². The highest BCUT2D eigenvalue weighted by atomic mass is 19.1. The summed E-state index contributed by atoms with van der Waals surface area (Å²) in [5, 5.41) is 3.22. The molecule has 1 fully saturated rings. The standard InChI is InChI=1S/C16H25FN2O/c1-18-16(14-5-3-4-6-15(14)17)12-19(2)11-13-7-9-20-10-8-13/h3-6,13,16,18H,7-12H2,1-2H3. The fourth-order valence-electron chi connectivity index (χ4n) is 2.86. The molecule has 1 unspecified atom stereocenters. The summed E-state index contributed by atoms with van der Waals surface area (Å²) in [6.45, 7) is 3.62. The smallest absolute Gasteiger partial charge is 0.128 e. The predicted molar refractivity (Wildman–Crippen MR) is 79.2 cm³/mol. The van der Waals surface area contributed by atoms with Gasteiger partial charge in [-0.25, -0.2) is 4.39 Å². The number of halogens is 1. The number of nitrogens with zero attached hydrogens (tertiary/aromatic N) is 1. The number of hydrogen-bond acceptors (Lipinski definition) is 3. The Bertz CT molecular complexity index is 407. The molecule has 0 spiro atoms. The number of likely N-dealkylation sites (N-methyl/N-ethyl adjacent to an activating group) is 2. The molecule has 112 valence electrons. The van der Waals surface area contributed by atoms with Crippen LogP contribution in [0, 0.1) is 11.7 Å². The van der Waals surface area contributed by atoms with Crippen LogP contribution in [0.15, 0.2) is 24.3 Å². The van der Waals surface area contributed by atoms with Crippen LogP contribution in [0.3, 0.4) is 0 Å². The van der Waals surface area contributed by atoms with E-state index >= 15 is 0 Å². The quantitative estimate of drug-likeness (QED) is 0.866. The van der Waals surface area contributed by atoms with Crippen molar-refractivity contribution in [3.8, 4) is 0 Å². The summed E-state index contributed by atoms with van der Waals surface area (Å²) in [6, 6.07) is 7.04. The molecule has 0 amide bonds. The lowest BCUT2D eigenvalue weighted by Gasteiger charge is -2.29. The van der Waals surface area contributed by atoms with Gasteiger partial charge in [-0.15, -0.1) is 0 Å². The topological polar surface area (TPSA) is 24.5 Å². The highest BCUT2D eigenvalue weighted by molar-refractivity contribution is 5.21. The van der Waals surface area contributed by atoms with Gasteiger partial charge in [0.25, 0.3) is 0 Å². The van der Waals surface area contributed by atoms with Crippen LogP contribution in [-0.2, 0) is 4.74 Å². The van der Waals surface area contributed by atoms with E-state index in [0.29, 0.717) is 5.92 Å². The molecule has 1 aromatic carbocycles. The van der Waals surface area contributed by atoms with Crippen LogP contribution in [0.5, 0.6) is 0 Å². The van der Waals surface area contributed by atoms with Crippen LogP contribution < -0.4 is 5.32 Å². The zero-order valence-electron chi connectivity index (χ0n) is 12.4. The Morgan fingerprint density at radius 2 is 2.05 bits per heavy atom. The minimum absolute atomic E-state index is 0.0287. The number of nitrogens with one attached hydrogen (secondary N) is 1. The zero-order valence-corrected chi connectivity index (χ0v) is 12.4. The Labute approximate surface area is 121 Å². The molecule has 1 heterocycles. The molecule has 1 N–H and O–H groups in total. The van der Waals surface area contributed by atoms with Crippen molar-refractivity contribution in [3.63, 3.8) is 0 Å². The molecule has 1 aromatic rings. The summed E-state index contributed by atoms with van der Waals surface area (Å²) in [7, 11) is 4.00. The van der Waals surface area contributed by atoms with E-state index in [1.807, 2.05) is 19.2 Å². The van der Waals surface area contributed by atoms with Crippen molar-refractivity contribution in [2.75, 3.05) is 40.4 Å². The van der Waals surface area contributed by atoms with Crippen molar-refractivity contribution in [3.05, 3.63) is 35.6 Å². The Hall–Kier alpha value is -0.970. The third-order valence-corrected chi connectivity index (χ3v) is 4.03. The maximum atomic E-state index is 13.9. The van der Waals surface area contributed by atoms with Crippen molar-refractivity contribution < 1.29 is 9.13 Å². The highest BCUT2D eigenvalue weighted by Gasteiger charge is 2.19. The maximum Gasteiger partial charge on any atom is 0.128 e. The molecule has 1 saturated heterocycles. The van der Waals surface area contributed by atoms with Crippen molar-refractivity contribution in [2.45, 2.75) is 18.9 Å². The van der Waals surface area contributed by atoms with Gasteiger partial charge < -0.3 is 15.0 Å². The summed E-state index contributed by atoms with van der Waals surface area (Å²) in [6.07, 6.45) is 2.27. The Balaban J connectivity index is 1.90. The summed E-state index contributed by atoms with van der Waals surface area (Å²) in [5.41, 5.74) is 0.744. The van der Waals surface area contributed by atoms with Crippen molar-refractivity contribution >= 4 is 0 Å². The molecule has 0 bridgehead atoms. The highest BCUT2D eigenvalue weighted by Crippen LogP contribution is 2.20. The molecule has 3 nitrogen and oxygen atoms in total. The van der Waals surface area contributed by atoms with Crippen molar-refractivity contribution in [1.29, 1.82) is 0 Å². The molecule has 0 aliphatic carbocycles. The van der Waals surface area contributed by atoms with Gasteiger partial charge in [-0.1, -0.05) is 18.2 Å². The molecule has 0 radical (unpaired) electrons. The third-order valence-electron chi connectivity index (χ3n) is 4.03. The van der Waals surface area contributed by atoms with Gasteiger partial charge in [-0.05, 0) is 38.9 Å². The largest absolute Gasteiger partial charge is 0.381 e. The lowest BCUT2D eigenvalue weighted by Crippen LogP contribution is -2.36. The molecule has 1 aliphatic heterocycles. The average molecular weight is 280 g/mol. The predicted octanol–water partition coefficient (Wildman–Crippen LogP) is 2.44. The van der Waals surface area contributed by atoms with E-state index in [1.165, 1.54) is 6.07 Å². The van der Waals surface area contributed by atoms with Gasteiger partial charge in [-0.2, -0.15) is 0 Å². The second kappa shape index (κ2) is 7.72. The molecular formula is C16H25FN2O. The molecular weight excluding hydrogens is 255 g/mol. The van der Waals surface area contributed by atoms with Crippen LogP contribution in [0.1, 0.15) is 24.4 Å². The fraction of sp³-hybridized carbons (Fsp3) is 0.625. The lowest BCUT2D eigenvalue weighted by molar-refractivity contribution is 0.0547. The summed E-state index contributed by atoms with van der Waals surface area (Å²) in [5.74, 6) is 0.568. The molecule has 0 saturated carbocycles. The Kier molecular flexibility index (Phi) is 5.95. The zero-order chi connectivity index (χ0) is 14.4. The van der Waals surface area contributed by atoms with Crippen molar-refractivity contribution in [2.24, 2.45) is 5.92 Å². The first-order valence-corrected chi connectivity index (χ1v) is 7.38. The number of benzene rings is 1. The second-order valence-corrected chi connectivity index (χ2v) is 5.64. The monoisotopic (exact) mass is 280 g/mol. The SMILES string of the molecule is CNC(CN(C)CC1CCOCC1)c1ccccc1F. The summed E-state index contributed by atoms with van der Waals surface area (Å²) in [4.78, 5) is 2.30. The van der Waals surface area contributed by atoms with E-state index < -0.39 is 0 Å². The Morgan fingerprint density at radius 1 is 1.35 bits per heavy atom. The van der Waals surface area contributed by atoms with Gasteiger partial charge >= 0.3 is 0 Å². The minimum atomic E-state index is -0.133. The lowest BCUT2D eigenvalue weighted by atomic mass is 9.99. The third kappa shape index (κ3) is 4.27. The first-order chi connectivity index (χ1) is 9.70. The van der Waals surface area contributed by atoms with Crippen LogP contribution in [0.2, 0.25) is 0 Å². The van der Waals surface area contributed by atoms with E-state index in [1.54, 1.807) is 6.07 Å². The van der Waals surface area contributed by atoms with E-state index in [4.69, 9.17) is 4.74 Å². The van der Waals surface area contributed by atoms with Gasteiger partial charge in [0, 0.05) is 37.9 Å². The number of ether oxygens (including phenoxy) is 1. The molecule has 2 rings (SSSR count). The molecule has 0 aromatic heterocycles. The molecule has 1 aliphatic rings. The second-order valence-electron chi connectivity index (χ2n) is 5.64. The first kappa shape index (κ1) is 15.4. The van der Waals surface area contributed by atoms with Gasteiger partial charge in [-0.3, -0.25) is 0 Å². The van der Waals surface area contributed by atoms with Crippen LogP contribution in [-0.4, -0.2) is 45.3 Å². The minimum Gasteiger partial charge on any atom is -0.381 e. The molecule has 4 heteroatoms. The normalized spacial score (nSPS) is 18.4. The Morgan fingerprint density at radius 3 is 2.70 bits per heavy atom. The summed E-state index contributed by atoms with van der Waals surface area (Å²) >= 11 is 0. The van der Waals surface area contributed by atoms with Gasteiger partial charge in [0.15, 0.2) is 0 Å². The van der Waals surface area contributed by atoms with Gasteiger partial charge in [0.1, 0.15) is 5.82 Å². The van der Waals surface area contributed by atoms with Gasteiger partial charge in [0.2, 0.25) is 0 Å². The fourth-order valence-corrected chi connectivity index (χ4v) is 2.86. The van der Waals surface area contributed by atoms with Crippen LogP contribution in [0.4, 0.5) is 4.39 Å². The maximum absolute atomic E-state index is 13.9. The average Bonchev–Trinajstić information content (AvgIpc) is 2.46. The number of rotatable bonds is 6. The molecule has 1 atom stereocenters. The number of hydrogen-bond donors (Lipinski definition) is 1. The van der Waals surface area contributed by atoms with E-state index in [-0.39, 0.29) is 11.9 Å². The molecule has 20 heavy (non-hydrogen) atoms. The van der Waals surface area contributed by atoms with E-state index in [9.17, 15) is 4.39 Å². The van der Waals surface area contributed by atoms with Gasteiger partial charge in [0.05, 0.1) is 0 Å². The summed E-state index contributed by atoms with van der Waals surface area (Å²) < 4.78 is 19.2. The van der Waals surface area contributed by atoms with E-state index in [0.717, 1.165) is 44.7 Å². The van der Waals surface area contributed by atoms with Crippen LogP contribution >= 0.6 is 0 Å².